The van der Waals surface area contributed by atoms with E-state index in [-0.39, 0.29) is 12.4 Å². The predicted molar refractivity (Wildman–Crippen MR) is 63.7 cm³/mol. The van der Waals surface area contributed by atoms with Crippen LogP contribution in [0.5, 0.6) is 0 Å². The van der Waals surface area contributed by atoms with E-state index < -0.39 is 0 Å². The van der Waals surface area contributed by atoms with Crippen LogP contribution >= 0.6 is 0 Å². The van der Waals surface area contributed by atoms with Gasteiger partial charge in [-0.05, 0) is 12.1 Å². The van der Waals surface area contributed by atoms with Gasteiger partial charge in [0.15, 0.2) is 0 Å². The van der Waals surface area contributed by atoms with E-state index in [1.54, 1.807) is 10.8 Å². The van der Waals surface area contributed by atoms with Gasteiger partial charge >= 0.3 is 5.97 Å². The third-order valence-corrected chi connectivity index (χ3v) is 2.37. The molecule has 0 saturated heterocycles. The van der Waals surface area contributed by atoms with E-state index in [0.29, 0.717) is 11.6 Å². The number of carbonyl (C=O) groups excluding carboxylic acids is 1. The van der Waals surface area contributed by atoms with Crippen LogP contribution in [-0.4, -0.2) is 22.6 Å². The van der Waals surface area contributed by atoms with E-state index in [1.165, 1.54) is 7.11 Å². The smallest absolute Gasteiger partial charge is 0.311 e. The fourth-order valence-corrected chi connectivity index (χ4v) is 1.55. The second-order valence-electron chi connectivity index (χ2n) is 3.55. The molecule has 2 aromatic rings. The van der Waals surface area contributed by atoms with Crippen LogP contribution in [0.2, 0.25) is 0 Å². The van der Waals surface area contributed by atoms with Crippen LogP contribution in [0, 0.1) is 0 Å². The second kappa shape index (κ2) is 4.69. The normalized spacial score (nSPS) is 10.2. The molecule has 1 heterocycles. The largest absolute Gasteiger partial charge is 0.469 e. The molecule has 0 unspecified atom stereocenters. The molecule has 2 rings (SSSR count). The minimum Gasteiger partial charge on any atom is -0.469 e. The molecule has 1 aromatic heterocycles. The first-order valence-corrected chi connectivity index (χ1v) is 5.16. The van der Waals surface area contributed by atoms with Crippen molar-refractivity contribution >= 4 is 11.9 Å². The van der Waals surface area contributed by atoms with Crippen molar-refractivity contribution in [1.29, 1.82) is 0 Å². The second-order valence-corrected chi connectivity index (χ2v) is 3.55. The number of aromatic nitrogens is 2. The summed E-state index contributed by atoms with van der Waals surface area (Å²) in [4.78, 5) is 15.2. The summed E-state index contributed by atoms with van der Waals surface area (Å²) in [7, 11) is 1.35. The highest BCUT2D eigenvalue weighted by Gasteiger charge is 2.10. The molecule has 0 aliphatic heterocycles. The zero-order valence-corrected chi connectivity index (χ0v) is 9.46. The lowest BCUT2D eigenvalue weighted by Gasteiger charge is -2.02. The van der Waals surface area contributed by atoms with Gasteiger partial charge in [0, 0.05) is 11.9 Å². The lowest BCUT2D eigenvalue weighted by Crippen LogP contribution is -2.04. The lowest BCUT2D eigenvalue weighted by atomic mass is 10.3. The van der Waals surface area contributed by atoms with Gasteiger partial charge in [-0.1, -0.05) is 18.2 Å². The van der Waals surface area contributed by atoms with Gasteiger partial charge in [-0.2, -0.15) is 0 Å². The van der Waals surface area contributed by atoms with E-state index in [1.807, 2.05) is 30.3 Å². The van der Waals surface area contributed by atoms with Crippen LogP contribution < -0.4 is 5.73 Å². The summed E-state index contributed by atoms with van der Waals surface area (Å²) in [6.45, 7) is 0. The van der Waals surface area contributed by atoms with Crippen LogP contribution in [0.25, 0.3) is 5.69 Å². The first-order valence-electron chi connectivity index (χ1n) is 5.16. The van der Waals surface area contributed by atoms with Crippen LogP contribution in [-0.2, 0) is 16.0 Å². The van der Waals surface area contributed by atoms with Crippen molar-refractivity contribution in [2.75, 3.05) is 12.8 Å². The third-order valence-electron chi connectivity index (χ3n) is 2.37. The molecule has 0 bridgehead atoms. The average Bonchev–Trinajstić information content (AvgIpc) is 2.71. The van der Waals surface area contributed by atoms with Gasteiger partial charge in [-0.15, -0.1) is 0 Å². The van der Waals surface area contributed by atoms with Gasteiger partial charge in [0.05, 0.1) is 19.2 Å². The van der Waals surface area contributed by atoms with Gasteiger partial charge in [0.1, 0.15) is 0 Å². The fourth-order valence-electron chi connectivity index (χ4n) is 1.55. The summed E-state index contributed by atoms with van der Waals surface area (Å²) in [5.74, 6) is 0.0258. The Morgan fingerprint density at radius 1 is 1.41 bits per heavy atom. The van der Waals surface area contributed by atoms with Crippen molar-refractivity contribution in [2.45, 2.75) is 6.42 Å². The zero-order chi connectivity index (χ0) is 12.3. The van der Waals surface area contributed by atoms with Crippen molar-refractivity contribution in [1.82, 2.24) is 9.55 Å². The highest BCUT2D eigenvalue weighted by Crippen LogP contribution is 2.14. The van der Waals surface area contributed by atoms with Crippen LogP contribution in [0.3, 0.4) is 0 Å². The summed E-state index contributed by atoms with van der Waals surface area (Å²) < 4.78 is 6.31. The highest BCUT2D eigenvalue weighted by atomic mass is 16.5. The molecule has 0 radical (unpaired) electrons. The molecule has 88 valence electrons. The van der Waals surface area contributed by atoms with E-state index in [9.17, 15) is 4.79 Å². The third kappa shape index (κ3) is 2.44. The molecule has 0 aliphatic carbocycles. The molecule has 2 N–H and O–H groups in total. The molecular weight excluding hydrogens is 218 g/mol. The number of methoxy groups -OCH3 is 1. The molecule has 17 heavy (non-hydrogen) atoms. The quantitative estimate of drug-likeness (QED) is 0.805. The van der Waals surface area contributed by atoms with E-state index in [4.69, 9.17) is 5.73 Å². The number of nitrogen functional groups attached to an aromatic ring is 1. The molecule has 0 spiro atoms. The number of rotatable bonds is 3. The molecule has 5 heteroatoms. The van der Waals surface area contributed by atoms with E-state index in [0.717, 1.165) is 5.69 Å². The first-order chi connectivity index (χ1) is 8.20. The maximum absolute atomic E-state index is 11.1. The van der Waals surface area contributed by atoms with Crippen molar-refractivity contribution in [3.8, 4) is 5.69 Å². The number of benzene rings is 1. The summed E-state index contributed by atoms with van der Waals surface area (Å²) in [5.41, 5.74) is 7.30. The van der Waals surface area contributed by atoms with Gasteiger partial charge in [-0.25, -0.2) is 4.98 Å². The number of imidazole rings is 1. The van der Waals surface area contributed by atoms with Crippen molar-refractivity contribution < 1.29 is 9.53 Å². The van der Waals surface area contributed by atoms with Crippen molar-refractivity contribution in [2.24, 2.45) is 0 Å². The Balaban J connectivity index is 2.28. The molecule has 0 amide bonds. The first kappa shape index (κ1) is 11.2. The predicted octanol–water partition coefficient (Wildman–Crippen LogP) is 1.17. The maximum Gasteiger partial charge on any atom is 0.311 e. The number of esters is 1. The summed E-state index contributed by atoms with van der Waals surface area (Å²) in [6, 6.07) is 9.58. The maximum atomic E-state index is 11.1. The van der Waals surface area contributed by atoms with Gasteiger partial charge in [0.2, 0.25) is 5.95 Å². The topological polar surface area (TPSA) is 70.1 Å². The lowest BCUT2D eigenvalue weighted by molar-refractivity contribution is -0.139. The van der Waals surface area contributed by atoms with Gasteiger partial charge < -0.3 is 10.5 Å². The molecule has 0 saturated carbocycles. The number of nitrogens with two attached hydrogens (primary N) is 1. The van der Waals surface area contributed by atoms with Gasteiger partial charge in [0.25, 0.3) is 0 Å². The number of hydrogen-bond donors (Lipinski definition) is 1. The monoisotopic (exact) mass is 231 g/mol. The Bertz CT molecular complexity index is 520. The van der Waals surface area contributed by atoms with Crippen LogP contribution in [0.4, 0.5) is 5.95 Å². The minimum absolute atomic E-state index is 0.126. The van der Waals surface area contributed by atoms with Crippen molar-refractivity contribution in [3.63, 3.8) is 0 Å². The zero-order valence-electron chi connectivity index (χ0n) is 9.46. The van der Waals surface area contributed by atoms with Crippen LogP contribution in [0.1, 0.15) is 5.69 Å². The average molecular weight is 231 g/mol. The molecule has 0 atom stereocenters. The Morgan fingerprint density at radius 2 is 2.12 bits per heavy atom. The minimum atomic E-state index is -0.331. The number of nitrogens with zero attached hydrogens (tertiary/aromatic N) is 2. The molecule has 1 aromatic carbocycles. The Labute approximate surface area is 98.8 Å². The number of anilines is 1. The SMILES string of the molecule is COC(=O)Cc1cn(-c2ccccc2)c(N)n1. The Hall–Kier alpha value is -2.30. The highest BCUT2D eigenvalue weighted by molar-refractivity contribution is 5.72. The number of para-hydroxylation sites is 1. The molecule has 0 aliphatic rings. The molecular formula is C12H13N3O2. The number of ether oxygens (including phenoxy) is 1. The Morgan fingerprint density at radius 3 is 2.76 bits per heavy atom. The standard InChI is InChI=1S/C12H13N3O2/c1-17-11(16)7-9-8-15(12(13)14-9)10-5-3-2-4-6-10/h2-6,8H,7H2,1H3,(H2,13,14). The Kier molecular flexibility index (Phi) is 3.09. The summed E-state index contributed by atoms with van der Waals surface area (Å²) >= 11 is 0. The molecule has 0 fully saturated rings. The molecule has 5 nitrogen and oxygen atoms in total. The van der Waals surface area contributed by atoms with Crippen LogP contribution in [0.15, 0.2) is 36.5 Å². The fraction of sp³-hybridized carbons (Fsp3) is 0.167. The summed E-state index contributed by atoms with van der Waals surface area (Å²) in [5, 5.41) is 0. The number of carbonyl (C=O) groups is 1. The van der Waals surface area contributed by atoms with Crippen molar-refractivity contribution in [3.05, 3.63) is 42.2 Å². The number of hydrogen-bond acceptors (Lipinski definition) is 4. The van der Waals surface area contributed by atoms with Gasteiger partial charge in [-0.3, -0.25) is 9.36 Å². The van der Waals surface area contributed by atoms with E-state index in [2.05, 4.69) is 9.72 Å². The van der Waals surface area contributed by atoms with E-state index >= 15 is 0 Å². The summed E-state index contributed by atoms with van der Waals surface area (Å²) in [6.07, 6.45) is 1.86.